The first-order valence-corrected chi connectivity index (χ1v) is 33.5. The summed E-state index contributed by atoms with van der Waals surface area (Å²) in [4.78, 5) is 0. The Morgan fingerprint density at radius 3 is 1.68 bits per heavy atom. The lowest BCUT2D eigenvalue weighted by molar-refractivity contribution is -0.408. The van der Waals surface area contributed by atoms with Crippen molar-refractivity contribution >= 4 is 0 Å². The molecule has 93 heavy (non-hydrogen) atoms. The Morgan fingerprint density at radius 1 is 0.484 bits per heavy atom. The second-order valence-corrected chi connectivity index (χ2v) is 29.1. The Bertz CT molecular complexity index is 2410. The summed E-state index contributed by atoms with van der Waals surface area (Å²) < 4.78 is 86.3. The molecule has 40 atom stereocenters. The van der Waals surface area contributed by atoms with Crippen molar-refractivity contribution in [2.45, 2.75) is 289 Å². The van der Waals surface area contributed by atoms with Gasteiger partial charge < -0.3 is 153 Å². The molecular formula is C62H104O31. The highest BCUT2D eigenvalue weighted by molar-refractivity contribution is 5.15. The number of aliphatic hydroxyl groups is 17. The van der Waals surface area contributed by atoms with E-state index in [0.717, 1.165) is 38.5 Å². The monoisotopic (exact) mass is 1340 g/mol. The second kappa shape index (κ2) is 29.4. The molecule has 7 aliphatic heterocycles. The molecule has 4 saturated carbocycles. The van der Waals surface area contributed by atoms with Crippen molar-refractivity contribution in [2.24, 2.45) is 52.3 Å². The summed E-state index contributed by atoms with van der Waals surface area (Å²) >= 11 is 0. The lowest BCUT2D eigenvalue weighted by Gasteiger charge is -2.61. The minimum atomic E-state index is -1.96. The molecular weight excluding hydrogens is 1240 g/mol. The van der Waals surface area contributed by atoms with E-state index < -0.39 is 217 Å². The van der Waals surface area contributed by atoms with Crippen LogP contribution in [0.4, 0.5) is 0 Å². The molecule has 0 amide bonds. The summed E-state index contributed by atoms with van der Waals surface area (Å²) in [6, 6.07) is 0. The van der Waals surface area contributed by atoms with Crippen molar-refractivity contribution in [3.63, 3.8) is 0 Å². The van der Waals surface area contributed by atoms with E-state index in [1.54, 1.807) is 7.11 Å². The first-order valence-electron chi connectivity index (χ1n) is 33.5. The van der Waals surface area contributed by atoms with Crippen LogP contribution in [0.3, 0.4) is 0 Å². The second-order valence-electron chi connectivity index (χ2n) is 29.1. The third-order valence-corrected chi connectivity index (χ3v) is 23.8. The zero-order chi connectivity index (χ0) is 67.1. The normalized spacial score (nSPS) is 55.4. The fourth-order valence-electron chi connectivity index (χ4n) is 18.3. The summed E-state index contributed by atoms with van der Waals surface area (Å²) in [6.07, 6.45) is -39.3. The first-order chi connectivity index (χ1) is 44.1. The van der Waals surface area contributed by atoms with Crippen molar-refractivity contribution in [1.82, 2.24) is 0 Å². The minimum absolute atomic E-state index is 0.0181. The number of ether oxygens (including phenoxy) is 14. The lowest BCUT2D eigenvalue weighted by Crippen LogP contribution is -2.68. The van der Waals surface area contributed by atoms with Gasteiger partial charge in [0, 0.05) is 19.4 Å². The molecule has 0 spiro atoms. The van der Waals surface area contributed by atoms with Crippen LogP contribution < -0.4 is 0 Å². The molecule has 17 N–H and O–H groups in total. The van der Waals surface area contributed by atoms with Crippen LogP contribution in [0, 0.1) is 52.3 Å². The number of fused-ring (bicyclic) bond motifs is 7. The summed E-state index contributed by atoms with van der Waals surface area (Å²) in [6.45, 7) is 7.26. The van der Waals surface area contributed by atoms with Crippen LogP contribution in [-0.2, 0) is 66.3 Å². The number of hydrogen-bond donors (Lipinski definition) is 17. The topological polar surface area (TPSA) is 473 Å². The van der Waals surface area contributed by atoms with Crippen LogP contribution in [0.5, 0.6) is 0 Å². The zero-order valence-corrected chi connectivity index (χ0v) is 53.5. The molecule has 31 nitrogen and oxygen atoms in total. The molecule has 4 aliphatic carbocycles. The Balaban J connectivity index is 0.777. The van der Waals surface area contributed by atoms with E-state index >= 15 is 0 Å². The molecule has 0 aromatic carbocycles. The van der Waals surface area contributed by atoms with Crippen molar-refractivity contribution in [2.75, 3.05) is 46.8 Å². The third kappa shape index (κ3) is 13.7. The van der Waals surface area contributed by atoms with Crippen LogP contribution in [-0.4, -0.2) is 324 Å². The van der Waals surface area contributed by atoms with E-state index in [1.807, 2.05) is 6.92 Å². The molecule has 0 unspecified atom stereocenters. The van der Waals surface area contributed by atoms with E-state index in [1.165, 1.54) is 6.92 Å². The van der Waals surface area contributed by atoms with Crippen molar-refractivity contribution in [1.29, 1.82) is 0 Å². The van der Waals surface area contributed by atoms with E-state index in [9.17, 15) is 86.8 Å². The Kier molecular flexibility index (Phi) is 23.1. The molecule has 7 heterocycles. The molecule has 11 aliphatic rings. The summed E-state index contributed by atoms with van der Waals surface area (Å²) in [7, 11) is 1.70. The Morgan fingerprint density at radius 2 is 1.03 bits per heavy atom. The van der Waals surface area contributed by atoms with Gasteiger partial charge in [0.15, 0.2) is 43.5 Å². The first kappa shape index (κ1) is 73.0. The van der Waals surface area contributed by atoms with Crippen LogP contribution >= 0.6 is 0 Å². The maximum atomic E-state index is 12.7. The van der Waals surface area contributed by atoms with Gasteiger partial charge in [-0.05, 0) is 111 Å². The molecule has 538 valence electrons. The minimum Gasteiger partial charge on any atom is -0.394 e. The fourth-order valence-corrected chi connectivity index (χ4v) is 18.3. The van der Waals surface area contributed by atoms with Gasteiger partial charge in [-0.3, -0.25) is 0 Å². The van der Waals surface area contributed by atoms with E-state index in [0.29, 0.717) is 43.4 Å². The standard InChI is InChI=1S/C62H104O31/c1-23(20-81-54-47(77)44(74)41(71)34(17-63)86-54)9-14-62(80-6)24(2)37-33(93-62)16-30-28-8-7-26-15-27(10-12-60(26,4)29(28)11-13-61(30,37)5)85-58-52(91-57-48(78)43(73)38(68)25(3)84-57)49(79)50(36(19-65)88-58)89-59-53(92-56-46(76)40(70)32(67)22-83-56)51(42(72)35(18-64)87-59)90-55-45(75)39(69)31(66)21-82-55/h23-59,63-79H,7-22H2,1-6H3/t23-,24-,25-,26-,27-,28+,29-,30-,31+,32+,33-,34+,35+,36+,37-,38-,39-,40-,41+,42+,43+,44-,45+,46+,47+,48+,49-,50-,51-,52+,53+,54+,55-,56-,57-,58+,59-,60-,61-,62+/m0/s1. The molecule has 11 fully saturated rings. The van der Waals surface area contributed by atoms with Gasteiger partial charge in [0.2, 0.25) is 0 Å². The molecule has 0 aromatic rings. The van der Waals surface area contributed by atoms with Crippen LogP contribution in [0.2, 0.25) is 0 Å². The van der Waals surface area contributed by atoms with E-state index in [-0.39, 0.29) is 47.2 Å². The number of hydrogen-bond acceptors (Lipinski definition) is 31. The average Bonchev–Trinajstić information content (AvgIpc) is 1.56. The quantitative estimate of drug-likeness (QED) is 0.0506. The van der Waals surface area contributed by atoms with Gasteiger partial charge in [-0.1, -0.05) is 27.7 Å². The van der Waals surface area contributed by atoms with Gasteiger partial charge in [-0.15, -0.1) is 0 Å². The predicted molar refractivity (Wildman–Crippen MR) is 308 cm³/mol. The zero-order valence-electron chi connectivity index (χ0n) is 53.5. The summed E-state index contributed by atoms with van der Waals surface area (Å²) in [5, 5.41) is 183. The molecule has 0 aromatic heterocycles. The van der Waals surface area contributed by atoms with Crippen LogP contribution in [0.15, 0.2) is 0 Å². The number of methoxy groups -OCH3 is 1. The van der Waals surface area contributed by atoms with Gasteiger partial charge in [0.25, 0.3) is 0 Å². The number of aliphatic hydroxyl groups excluding tert-OH is 17. The summed E-state index contributed by atoms with van der Waals surface area (Å²) in [5.74, 6) is 0.855. The van der Waals surface area contributed by atoms with Gasteiger partial charge in [0.1, 0.15) is 128 Å². The van der Waals surface area contributed by atoms with Gasteiger partial charge in [-0.2, -0.15) is 0 Å². The van der Waals surface area contributed by atoms with Gasteiger partial charge in [-0.25, -0.2) is 0 Å². The maximum Gasteiger partial charge on any atom is 0.187 e. The highest BCUT2D eigenvalue weighted by Gasteiger charge is 2.69. The highest BCUT2D eigenvalue weighted by atomic mass is 16.8. The van der Waals surface area contributed by atoms with Crippen LogP contribution in [0.1, 0.15) is 98.8 Å². The predicted octanol–water partition coefficient (Wildman–Crippen LogP) is -5.35. The smallest absolute Gasteiger partial charge is 0.187 e. The average molecular weight is 1350 g/mol. The number of rotatable bonds is 20. The highest BCUT2D eigenvalue weighted by Crippen LogP contribution is 2.71. The van der Waals surface area contributed by atoms with Crippen molar-refractivity contribution in [3.05, 3.63) is 0 Å². The van der Waals surface area contributed by atoms with E-state index in [2.05, 4.69) is 20.8 Å². The molecule has 31 heteroatoms. The Hall–Kier alpha value is -1.24. The van der Waals surface area contributed by atoms with Gasteiger partial charge >= 0.3 is 0 Å². The molecule has 0 bridgehead atoms. The van der Waals surface area contributed by atoms with E-state index in [4.69, 9.17) is 66.3 Å². The largest absolute Gasteiger partial charge is 0.394 e. The fraction of sp³-hybridized carbons (Fsp3) is 1.00. The third-order valence-electron chi connectivity index (χ3n) is 23.8. The molecule has 0 radical (unpaired) electrons. The van der Waals surface area contributed by atoms with Crippen LogP contribution in [0.25, 0.3) is 0 Å². The van der Waals surface area contributed by atoms with Crippen molar-refractivity contribution < 1.29 is 153 Å². The lowest BCUT2D eigenvalue weighted by atomic mass is 9.44. The SMILES string of the molecule is CO[C@]1(CC[C@H](C)CO[C@@H]2O[C@H](CO)[C@@H](O)[C@H](O)[C@H]2O)O[C@H]2C[C@H]3[C@@H]4CC[C@H]5C[C@@H](O[C@@H]6O[C@H](CO)[C@H](O[C@@H]7O[C@H](CO)[C@@H](O)[C@H](O[C@@H]8OC[C@@H](O)[C@H](O)[C@H]8O)[C@H]7O[C@@H]7OC[C@@H](O)[C@H](O)[C@H]7O)[C@H](O)[C@H]6O[C@@H]6O[C@@H](C)[C@H](O)[C@@H](O)[C@H]6O)CC[C@]5(C)[C@H]4CC[C@]3(C)[C@H]2[C@@H]1C. The van der Waals surface area contributed by atoms with Gasteiger partial charge in [0.05, 0.1) is 58.0 Å². The summed E-state index contributed by atoms with van der Waals surface area (Å²) in [5.41, 5.74) is -0.106. The molecule has 11 rings (SSSR count). The van der Waals surface area contributed by atoms with Crippen molar-refractivity contribution in [3.8, 4) is 0 Å². The molecule has 7 saturated heterocycles. The Labute approximate surface area is 539 Å². The maximum absolute atomic E-state index is 12.7.